The van der Waals surface area contributed by atoms with Gasteiger partial charge in [-0.15, -0.1) is 0 Å². The molecule has 1 atom stereocenters. The van der Waals surface area contributed by atoms with Gasteiger partial charge in [-0.2, -0.15) is 0 Å². The Morgan fingerprint density at radius 3 is 1.92 bits per heavy atom. The second-order valence-corrected chi connectivity index (χ2v) is 12.7. The lowest BCUT2D eigenvalue weighted by Gasteiger charge is -2.33. The third-order valence-corrected chi connectivity index (χ3v) is 8.61. The minimum Gasteiger partial charge on any atom is -0.352 e. The number of aryl methyl sites for hydroxylation is 2. The van der Waals surface area contributed by atoms with E-state index in [9.17, 15) is 18.0 Å². The maximum atomic E-state index is 14.0. The first-order valence-electron chi connectivity index (χ1n) is 12.9. The van der Waals surface area contributed by atoms with Crippen molar-refractivity contribution in [2.75, 3.05) is 10.8 Å². The summed E-state index contributed by atoms with van der Waals surface area (Å²) in [7, 11) is -4.09. The van der Waals surface area contributed by atoms with E-state index in [1.807, 2.05) is 58.9 Å². The molecule has 0 saturated carbocycles. The Bertz CT molecular complexity index is 1370. The Labute approximate surface area is 240 Å². The van der Waals surface area contributed by atoms with E-state index in [2.05, 4.69) is 21.2 Å². The van der Waals surface area contributed by atoms with Crippen LogP contribution in [0.2, 0.25) is 0 Å². The monoisotopic (exact) mass is 613 g/mol. The van der Waals surface area contributed by atoms with Crippen LogP contribution in [0.5, 0.6) is 0 Å². The molecule has 3 aromatic rings. The molecule has 0 aromatic heterocycles. The third-order valence-electron chi connectivity index (χ3n) is 6.29. The summed E-state index contributed by atoms with van der Waals surface area (Å²) >= 11 is 3.39. The van der Waals surface area contributed by atoms with Crippen LogP contribution >= 0.6 is 15.9 Å². The average Bonchev–Trinajstić information content (AvgIpc) is 2.88. The lowest BCUT2D eigenvalue weighted by molar-refractivity contribution is -0.140. The number of sulfonamides is 1. The average molecular weight is 615 g/mol. The molecule has 0 unspecified atom stereocenters. The Balaban J connectivity index is 2.05. The fourth-order valence-corrected chi connectivity index (χ4v) is 5.84. The lowest BCUT2D eigenvalue weighted by Crippen LogP contribution is -2.53. The number of nitrogens with one attached hydrogen (secondary N) is 1. The smallest absolute Gasteiger partial charge is 0.264 e. The number of carbonyl (C=O) groups is 2. The first-order chi connectivity index (χ1) is 18.4. The number of nitrogens with zero attached hydrogens (tertiary/aromatic N) is 2. The molecule has 3 rings (SSSR count). The zero-order chi connectivity index (χ0) is 28.7. The molecule has 0 saturated heterocycles. The van der Waals surface area contributed by atoms with Crippen LogP contribution in [-0.2, 0) is 26.2 Å². The van der Waals surface area contributed by atoms with E-state index in [0.29, 0.717) is 12.1 Å². The number of amides is 2. The Morgan fingerprint density at radius 2 is 1.41 bits per heavy atom. The molecular formula is C30H36BrN3O4S. The first kappa shape index (κ1) is 30.4. The highest BCUT2D eigenvalue weighted by Crippen LogP contribution is 2.26. The molecule has 0 heterocycles. The van der Waals surface area contributed by atoms with E-state index < -0.39 is 28.5 Å². The predicted molar refractivity (Wildman–Crippen MR) is 159 cm³/mol. The van der Waals surface area contributed by atoms with Gasteiger partial charge in [-0.25, -0.2) is 8.42 Å². The molecular weight excluding hydrogens is 578 g/mol. The van der Waals surface area contributed by atoms with Crippen LogP contribution in [0.25, 0.3) is 0 Å². The van der Waals surface area contributed by atoms with Gasteiger partial charge in [0.1, 0.15) is 12.6 Å². The molecule has 2 amide bonds. The van der Waals surface area contributed by atoms with Crippen molar-refractivity contribution in [1.82, 2.24) is 10.2 Å². The number of anilines is 1. The molecule has 0 bridgehead atoms. The van der Waals surface area contributed by atoms with Crippen molar-refractivity contribution in [3.05, 3.63) is 94.0 Å². The number of hydrogen-bond donors (Lipinski definition) is 1. The summed E-state index contributed by atoms with van der Waals surface area (Å²) < 4.78 is 29.6. The van der Waals surface area contributed by atoms with Crippen LogP contribution in [0.1, 0.15) is 43.9 Å². The molecule has 0 aliphatic carbocycles. The highest BCUT2D eigenvalue weighted by Gasteiger charge is 2.33. The highest BCUT2D eigenvalue weighted by molar-refractivity contribution is 9.10. The van der Waals surface area contributed by atoms with Crippen LogP contribution in [0.3, 0.4) is 0 Å². The standard InChI is InChI=1S/C30H36BrN3O4S/c1-6-28(30(36)32-21(2)3)33(19-24-11-7-22(4)8-12-24)29(35)20-34(26-15-13-25(31)14-16-26)39(37,38)27-17-9-23(5)10-18-27/h7-18,21,28H,6,19-20H2,1-5H3,(H,32,36)/t28-/m0/s1. The summed E-state index contributed by atoms with van der Waals surface area (Å²) in [5.41, 5.74) is 3.20. The maximum absolute atomic E-state index is 14.0. The molecule has 208 valence electrons. The molecule has 0 aliphatic rings. The quantitative estimate of drug-likeness (QED) is 0.305. The van der Waals surface area contributed by atoms with Gasteiger partial charge in [0.15, 0.2) is 0 Å². The van der Waals surface area contributed by atoms with Crippen molar-refractivity contribution in [3.8, 4) is 0 Å². The number of benzene rings is 3. The Hall–Kier alpha value is -3.17. The molecule has 1 N–H and O–H groups in total. The predicted octanol–water partition coefficient (Wildman–Crippen LogP) is 5.59. The minimum absolute atomic E-state index is 0.0819. The zero-order valence-electron chi connectivity index (χ0n) is 23.0. The van der Waals surface area contributed by atoms with Gasteiger partial charge in [0.05, 0.1) is 10.6 Å². The van der Waals surface area contributed by atoms with Crippen LogP contribution < -0.4 is 9.62 Å². The van der Waals surface area contributed by atoms with E-state index in [1.165, 1.54) is 17.0 Å². The fraction of sp³-hybridized carbons (Fsp3) is 0.333. The summed E-state index contributed by atoms with van der Waals surface area (Å²) in [5.74, 6) is -0.746. The summed E-state index contributed by atoms with van der Waals surface area (Å²) in [4.78, 5) is 28.8. The van der Waals surface area contributed by atoms with Crippen molar-refractivity contribution in [3.63, 3.8) is 0 Å². The van der Waals surface area contributed by atoms with Crippen LogP contribution in [-0.4, -0.2) is 43.8 Å². The van der Waals surface area contributed by atoms with Gasteiger partial charge in [-0.1, -0.05) is 70.4 Å². The summed E-state index contributed by atoms with van der Waals surface area (Å²) in [6.45, 7) is 9.12. The second-order valence-electron chi connectivity index (χ2n) is 9.90. The molecule has 0 aliphatic heterocycles. The third kappa shape index (κ3) is 7.92. The topological polar surface area (TPSA) is 86.8 Å². The van der Waals surface area contributed by atoms with Crippen molar-refractivity contribution in [2.24, 2.45) is 0 Å². The molecule has 7 nitrogen and oxygen atoms in total. The summed E-state index contributed by atoms with van der Waals surface area (Å²) in [6.07, 6.45) is 0.374. The first-order valence-corrected chi connectivity index (χ1v) is 15.2. The molecule has 0 fully saturated rings. The molecule has 9 heteroatoms. The largest absolute Gasteiger partial charge is 0.352 e. The van der Waals surface area contributed by atoms with E-state index in [4.69, 9.17) is 0 Å². The molecule has 39 heavy (non-hydrogen) atoms. The van der Waals surface area contributed by atoms with E-state index >= 15 is 0 Å². The van der Waals surface area contributed by atoms with Crippen LogP contribution in [0.4, 0.5) is 5.69 Å². The van der Waals surface area contributed by atoms with Crippen molar-refractivity contribution in [2.45, 2.75) is 64.6 Å². The van der Waals surface area contributed by atoms with Gasteiger partial charge in [0.2, 0.25) is 11.8 Å². The maximum Gasteiger partial charge on any atom is 0.264 e. The van der Waals surface area contributed by atoms with Gasteiger partial charge in [0, 0.05) is 17.1 Å². The van der Waals surface area contributed by atoms with E-state index in [-0.39, 0.29) is 23.4 Å². The van der Waals surface area contributed by atoms with Gasteiger partial charge < -0.3 is 10.2 Å². The van der Waals surface area contributed by atoms with Crippen LogP contribution in [0.15, 0.2) is 82.2 Å². The van der Waals surface area contributed by atoms with Gasteiger partial charge in [-0.05, 0) is 76.1 Å². The number of carbonyl (C=O) groups excluding carboxylic acids is 2. The fourth-order valence-electron chi connectivity index (χ4n) is 4.16. The number of halogens is 1. The lowest BCUT2D eigenvalue weighted by atomic mass is 10.1. The SMILES string of the molecule is CC[C@@H](C(=O)NC(C)C)N(Cc1ccc(C)cc1)C(=O)CN(c1ccc(Br)cc1)S(=O)(=O)c1ccc(C)cc1. The van der Waals surface area contributed by atoms with Gasteiger partial charge in [0.25, 0.3) is 10.0 Å². The van der Waals surface area contributed by atoms with Crippen LogP contribution in [0, 0.1) is 13.8 Å². The second kappa shape index (κ2) is 13.3. The summed E-state index contributed by atoms with van der Waals surface area (Å²) in [6, 6.07) is 20.1. The number of hydrogen-bond acceptors (Lipinski definition) is 4. The molecule has 0 radical (unpaired) electrons. The highest BCUT2D eigenvalue weighted by atomic mass is 79.9. The summed E-state index contributed by atoms with van der Waals surface area (Å²) in [5, 5.41) is 2.91. The number of rotatable bonds is 11. The minimum atomic E-state index is -4.09. The Kier molecular flexibility index (Phi) is 10.3. The normalized spacial score (nSPS) is 12.2. The van der Waals surface area contributed by atoms with Crippen molar-refractivity contribution >= 4 is 43.5 Å². The van der Waals surface area contributed by atoms with E-state index in [0.717, 1.165) is 25.5 Å². The Morgan fingerprint density at radius 1 is 0.872 bits per heavy atom. The van der Waals surface area contributed by atoms with Gasteiger partial charge in [-0.3, -0.25) is 13.9 Å². The van der Waals surface area contributed by atoms with Gasteiger partial charge >= 0.3 is 0 Å². The zero-order valence-corrected chi connectivity index (χ0v) is 25.4. The molecule has 3 aromatic carbocycles. The van der Waals surface area contributed by atoms with Crippen molar-refractivity contribution in [1.29, 1.82) is 0 Å². The van der Waals surface area contributed by atoms with E-state index in [1.54, 1.807) is 36.4 Å². The molecule has 0 spiro atoms. The van der Waals surface area contributed by atoms with Crippen molar-refractivity contribution < 1.29 is 18.0 Å².